The zero-order chi connectivity index (χ0) is 12.0. The van der Waals surface area contributed by atoms with E-state index in [-0.39, 0.29) is 22.7 Å². The highest BCUT2D eigenvalue weighted by Crippen LogP contribution is 2.62. The second kappa shape index (κ2) is 3.73. The molecule has 3 nitrogen and oxygen atoms in total. The highest BCUT2D eigenvalue weighted by Gasteiger charge is 2.65. The van der Waals surface area contributed by atoms with Crippen LogP contribution in [0, 0.1) is 16.7 Å². The molecule has 0 unspecified atom stereocenters. The summed E-state index contributed by atoms with van der Waals surface area (Å²) in [5, 5.41) is 6.53. The fourth-order valence-corrected chi connectivity index (χ4v) is 2.90. The molecule has 1 aliphatic heterocycles. The van der Waals surface area contributed by atoms with Gasteiger partial charge in [-0.05, 0) is 36.8 Å². The maximum atomic E-state index is 12.1. The van der Waals surface area contributed by atoms with Crippen LogP contribution in [0.5, 0.6) is 0 Å². The normalized spacial score (nSPS) is 28.8. The molecule has 1 heterocycles. The van der Waals surface area contributed by atoms with E-state index in [4.69, 9.17) is 0 Å². The molecule has 16 heavy (non-hydrogen) atoms. The van der Waals surface area contributed by atoms with E-state index in [9.17, 15) is 4.79 Å². The molecular formula is C13H24N2O. The van der Waals surface area contributed by atoms with E-state index in [0.29, 0.717) is 6.04 Å². The lowest BCUT2D eigenvalue weighted by molar-refractivity contribution is -0.126. The highest BCUT2D eigenvalue weighted by molar-refractivity contribution is 5.79. The fourth-order valence-electron chi connectivity index (χ4n) is 2.90. The van der Waals surface area contributed by atoms with Crippen LogP contribution in [0.3, 0.4) is 0 Å². The lowest BCUT2D eigenvalue weighted by atomic mass is 9.97. The third-order valence-corrected chi connectivity index (χ3v) is 5.02. The summed E-state index contributed by atoms with van der Waals surface area (Å²) < 4.78 is 0. The summed E-state index contributed by atoms with van der Waals surface area (Å²) >= 11 is 0. The molecule has 3 heteroatoms. The van der Waals surface area contributed by atoms with Gasteiger partial charge in [-0.15, -0.1) is 0 Å². The Kier molecular flexibility index (Phi) is 2.77. The lowest BCUT2D eigenvalue weighted by Gasteiger charge is -2.22. The molecule has 2 aliphatic rings. The molecule has 0 atom stereocenters. The molecule has 0 aromatic heterocycles. The third-order valence-electron chi connectivity index (χ3n) is 5.02. The lowest BCUT2D eigenvalue weighted by Crippen LogP contribution is -2.40. The molecule has 2 rings (SSSR count). The van der Waals surface area contributed by atoms with Crippen molar-refractivity contribution < 1.29 is 4.79 Å². The van der Waals surface area contributed by atoms with Crippen LogP contribution in [0.2, 0.25) is 0 Å². The van der Waals surface area contributed by atoms with Crippen LogP contribution in [-0.4, -0.2) is 25.0 Å². The first kappa shape index (κ1) is 11.9. The first-order valence-corrected chi connectivity index (χ1v) is 6.38. The Labute approximate surface area is 98.4 Å². The van der Waals surface area contributed by atoms with Crippen LogP contribution in [0.25, 0.3) is 0 Å². The molecule has 92 valence electrons. The molecular weight excluding hydrogens is 200 g/mol. The van der Waals surface area contributed by atoms with Crippen molar-refractivity contribution in [1.29, 1.82) is 0 Å². The van der Waals surface area contributed by atoms with Crippen LogP contribution in [0.4, 0.5) is 0 Å². The van der Waals surface area contributed by atoms with Gasteiger partial charge in [0.25, 0.3) is 0 Å². The number of hydrogen-bond acceptors (Lipinski definition) is 2. The van der Waals surface area contributed by atoms with Crippen LogP contribution in [0.1, 0.15) is 40.5 Å². The Hall–Kier alpha value is -0.570. The molecule has 2 fully saturated rings. The molecule has 0 spiro atoms. The summed E-state index contributed by atoms with van der Waals surface area (Å²) in [6.45, 7) is 10.9. The minimum absolute atomic E-state index is 0.230. The van der Waals surface area contributed by atoms with E-state index in [0.717, 1.165) is 25.9 Å². The number of hydrogen-bond donors (Lipinski definition) is 2. The Balaban J connectivity index is 1.89. The first-order chi connectivity index (χ1) is 7.37. The summed E-state index contributed by atoms with van der Waals surface area (Å²) in [4.78, 5) is 12.1. The van der Waals surface area contributed by atoms with E-state index in [1.54, 1.807) is 0 Å². The van der Waals surface area contributed by atoms with Crippen LogP contribution >= 0.6 is 0 Å². The van der Waals surface area contributed by atoms with Gasteiger partial charge in [0.2, 0.25) is 5.91 Å². The Morgan fingerprint density at radius 2 is 1.62 bits per heavy atom. The van der Waals surface area contributed by atoms with Gasteiger partial charge in [0, 0.05) is 12.0 Å². The maximum absolute atomic E-state index is 12.1. The molecule has 0 bridgehead atoms. The molecule has 1 aliphatic carbocycles. The van der Waals surface area contributed by atoms with Crippen LogP contribution in [-0.2, 0) is 4.79 Å². The van der Waals surface area contributed by atoms with Gasteiger partial charge in [0.05, 0.1) is 0 Å². The van der Waals surface area contributed by atoms with Crippen LogP contribution < -0.4 is 10.6 Å². The zero-order valence-electron chi connectivity index (χ0n) is 10.9. The van der Waals surface area contributed by atoms with E-state index in [1.807, 2.05) is 0 Å². The Morgan fingerprint density at radius 1 is 1.12 bits per heavy atom. The van der Waals surface area contributed by atoms with Crippen molar-refractivity contribution in [2.75, 3.05) is 13.1 Å². The minimum Gasteiger partial charge on any atom is -0.352 e. The second-order valence-corrected chi connectivity index (χ2v) is 6.41. The number of nitrogens with one attached hydrogen (secondary N) is 2. The number of piperidine rings is 1. The molecule has 0 aromatic carbocycles. The minimum atomic E-state index is 0.230. The monoisotopic (exact) mass is 224 g/mol. The quantitative estimate of drug-likeness (QED) is 0.747. The number of amides is 1. The van der Waals surface area contributed by atoms with Crippen molar-refractivity contribution in [3.8, 4) is 0 Å². The summed E-state index contributed by atoms with van der Waals surface area (Å²) in [7, 11) is 0. The zero-order valence-corrected chi connectivity index (χ0v) is 10.9. The summed E-state index contributed by atoms with van der Waals surface area (Å²) in [5.41, 5.74) is 0.491. The highest BCUT2D eigenvalue weighted by atomic mass is 16.2. The van der Waals surface area contributed by atoms with E-state index >= 15 is 0 Å². The van der Waals surface area contributed by atoms with Gasteiger partial charge in [-0.25, -0.2) is 0 Å². The van der Waals surface area contributed by atoms with Crippen molar-refractivity contribution in [2.24, 2.45) is 16.7 Å². The first-order valence-electron chi connectivity index (χ1n) is 6.38. The van der Waals surface area contributed by atoms with Crippen molar-refractivity contribution in [3.63, 3.8) is 0 Å². The Bertz CT molecular complexity index is 276. The van der Waals surface area contributed by atoms with E-state index < -0.39 is 0 Å². The van der Waals surface area contributed by atoms with Gasteiger partial charge in [-0.2, -0.15) is 0 Å². The standard InChI is InChI=1S/C13H24N2O/c1-12(2)11(13(12,3)4)15-10(16)9-5-7-14-8-6-9/h9,11,14H,5-8H2,1-4H3,(H,15,16). The molecule has 0 aromatic rings. The number of rotatable bonds is 2. The van der Waals surface area contributed by atoms with Gasteiger partial charge in [-0.3, -0.25) is 4.79 Å². The largest absolute Gasteiger partial charge is 0.352 e. The van der Waals surface area contributed by atoms with Crippen molar-refractivity contribution in [3.05, 3.63) is 0 Å². The molecule has 1 saturated heterocycles. The van der Waals surface area contributed by atoms with E-state index in [1.165, 1.54) is 0 Å². The van der Waals surface area contributed by atoms with Gasteiger partial charge < -0.3 is 10.6 Å². The topological polar surface area (TPSA) is 41.1 Å². The van der Waals surface area contributed by atoms with E-state index in [2.05, 4.69) is 38.3 Å². The third kappa shape index (κ3) is 1.75. The number of carbonyl (C=O) groups excluding carboxylic acids is 1. The Morgan fingerprint density at radius 3 is 2.06 bits per heavy atom. The average Bonchev–Trinajstić information content (AvgIpc) is 2.62. The maximum Gasteiger partial charge on any atom is 0.223 e. The van der Waals surface area contributed by atoms with Gasteiger partial charge in [0.15, 0.2) is 0 Å². The average molecular weight is 224 g/mol. The molecule has 0 radical (unpaired) electrons. The fraction of sp³-hybridized carbons (Fsp3) is 0.923. The number of carbonyl (C=O) groups is 1. The van der Waals surface area contributed by atoms with Crippen molar-refractivity contribution in [1.82, 2.24) is 10.6 Å². The summed E-state index contributed by atoms with van der Waals surface area (Å²) in [6.07, 6.45) is 1.97. The second-order valence-electron chi connectivity index (χ2n) is 6.41. The molecule has 1 amide bonds. The van der Waals surface area contributed by atoms with Gasteiger partial charge >= 0.3 is 0 Å². The van der Waals surface area contributed by atoms with Gasteiger partial charge in [0.1, 0.15) is 0 Å². The van der Waals surface area contributed by atoms with Gasteiger partial charge in [-0.1, -0.05) is 27.7 Å². The molecule has 2 N–H and O–H groups in total. The smallest absolute Gasteiger partial charge is 0.223 e. The van der Waals surface area contributed by atoms with Crippen molar-refractivity contribution >= 4 is 5.91 Å². The summed E-state index contributed by atoms with van der Waals surface area (Å²) in [5.74, 6) is 0.499. The SMILES string of the molecule is CC1(C)C(NC(=O)C2CCNCC2)C1(C)C. The molecule has 1 saturated carbocycles. The predicted octanol–water partition coefficient (Wildman–Crippen LogP) is 1.54. The summed E-state index contributed by atoms with van der Waals surface area (Å²) in [6, 6.07) is 0.349. The van der Waals surface area contributed by atoms with Crippen LogP contribution in [0.15, 0.2) is 0 Å². The predicted molar refractivity (Wildman–Crippen MR) is 65.1 cm³/mol. The van der Waals surface area contributed by atoms with Crippen molar-refractivity contribution in [2.45, 2.75) is 46.6 Å².